The maximum atomic E-state index is 12.7. The van der Waals surface area contributed by atoms with Gasteiger partial charge in [-0.05, 0) is 79.9 Å². The van der Waals surface area contributed by atoms with Crippen molar-refractivity contribution in [1.82, 2.24) is 15.5 Å². The summed E-state index contributed by atoms with van der Waals surface area (Å²) in [4.78, 5) is 16.4. The van der Waals surface area contributed by atoms with Crippen molar-refractivity contribution in [3.8, 4) is 5.75 Å². The number of benzene rings is 1. The van der Waals surface area contributed by atoms with Gasteiger partial charge in [-0.2, -0.15) is 8.78 Å². The lowest BCUT2D eigenvalue weighted by Crippen LogP contribution is -2.43. The highest BCUT2D eigenvalue weighted by atomic mass is 32.1. The van der Waals surface area contributed by atoms with Crippen LogP contribution >= 0.6 is 11.3 Å². The topological polar surface area (TPSA) is 53.6 Å². The Morgan fingerprint density at radius 2 is 2.07 bits per heavy atom. The molecule has 5 nitrogen and oxygen atoms in total. The predicted octanol–water partition coefficient (Wildman–Crippen LogP) is 4.86. The normalized spacial score (nSPS) is 20.0. The van der Waals surface area contributed by atoms with E-state index in [-0.39, 0.29) is 23.9 Å². The van der Waals surface area contributed by atoms with E-state index in [1.54, 1.807) is 29.5 Å². The van der Waals surface area contributed by atoms with E-state index in [1.807, 2.05) is 6.07 Å². The van der Waals surface area contributed by atoms with E-state index in [4.69, 9.17) is 0 Å². The number of hydrogen-bond donors (Lipinski definition) is 2. The number of thiophene rings is 1. The third-order valence-electron chi connectivity index (χ3n) is 5.87. The van der Waals surface area contributed by atoms with Gasteiger partial charge in [-0.3, -0.25) is 4.90 Å². The molecule has 1 fully saturated rings. The van der Waals surface area contributed by atoms with Crippen molar-refractivity contribution >= 4 is 17.4 Å². The summed E-state index contributed by atoms with van der Waals surface area (Å²) in [6.45, 7) is -0.152. The first-order chi connectivity index (χ1) is 14.6. The molecule has 30 heavy (non-hydrogen) atoms. The van der Waals surface area contributed by atoms with Crippen LogP contribution in [0.25, 0.3) is 0 Å². The number of fused-ring (bicyclic) bond motifs is 1. The Hall–Kier alpha value is -2.19. The molecule has 2 N–H and O–H groups in total. The van der Waals surface area contributed by atoms with Crippen LogP contribution in [0.15, 0.2) is 35.7 Å². The van der Waals surface area contributed by atoms with E-state index < -0.39 is 6.61 Å². The molecule has 162 valence electrons. The molecule has 2 atom stereocenters. The highest BCUT2D eigenvalue weighted by Gasteiger charge is 2.26. The minimum atomic E-state index is -2.83. The minimum Gasteiger partial charge on any atom is -0.435 e. The van der Waals surface area contributed by atoms with E-state index in [1.165, 1.54) is 17.7 Å². The third kappa shape index (κ3) is 5.10. The molecular weight excluding hydrogens is 408 g/mol. The number of ether oxygens (including phenoxy) is 1. The Balaban J connectivity index is 1.37. The Labute approximate surface area is 179 Å². The summed E-state index contributed by atoms with van der Waals surface area (Å²) < 4.78 is 29.5. The first-order valence-corrected chi connectivity index (χ1v) is 11.4. The van der Waals surface area contributed by atoms with E-state index in [2.05, 4.69) is 31.7 Å². The fourth-order valence-electron chi connectivity index (χ4n) is 4.46. The van der Waals surface area contributed by atoms with E-state index in [9.17, 15) is 13.6 Å². The number of rotatable bonds is 7. The monoisotopic (exact) mass is 435 g/mol. The van der Waals surface area contributed by atoms with Gasteiger partial charge in [-0.25, -0.2) is 4.79 Å². The molecule has 0 bridgehead atoms. The van der Waals surface area contributed by atoms with Crippen LogP contribution in [0.1, 0.15) is 53.8 Å². The number of hydrogen-bond acceptors (Lipinski definition) is 4. The van der Waals surface area contributed by atoms with Crippen LogP contribution in [0.2, 0.25) is 0 Å². The molecule has 1 aromatic carbocycles. The van der Waals surface area contributed by atoms with Gasteiger partial charge < -0.3 is 15.4 Å². The highest BCUT2D eigenvalue weighted by molar-refractivity contribution is 7.10. The molecule has 2 heterocycles. The molecular formula is C22H27F2N3O2S. The van der Waals surface area contributed by atoms with Gasteiger partial charge >= 0.3 is 12.6 Å². The van der Waals surface area contributed by atoms with Crippen LogP contribution in [-0.4, -0.2) is 37.2 Å². The minimum absolute atomic E-state index is 0.124. The molecule has 1 saturated heterocycles. The van der Waals surface area contributed by atoms with Crippen LogP contribution < -0.4 is 15.4 Å². The summed E-state index contributed by atoms with van der Waals surface area (Å²) in [5.41, 5.74) is 1.94. The second-order valence-corrected chi connectivity index (χ2v) is 8.79. The zero-order valence-electron chi connectivity index (χ0n) is 16.8. The maximum absolute atomic E-state index is 12.7. The van der Waals surface area contributed by atoms with Crippen LogP contribution in [0.4, 0.5) is 13.6 Å². The van der Waals surface area contributed by atoms with Crippen molar-refractivity contribution in [3.63, 3.8) is 0 Å². The lowest BCUT2D eigenvalue weighted by Gasteiger charge is -2.29. The van der Waals surface area contributed by atoms with Crippen LogP contribution in [-0.2, 0) is 6.42 Å². The number of carbonyl (C=O) groups is 1. The molecule has 0 radical (unpaired) electrons. The molecule has 2 aromatic rings. The summed E-state index contributed by atoms with van der Waals surface area (Å²) in [6, 6.07) is 9.05. The number of alkyl halides is 2. The summed E-state index contributed by atoms with van der Waals surface area (Å²) in [7, 11) is 0. The zero-order chi connectivity index (χ0) is 20.9. The van der Waals surface area contributed by atoms with Crippen molar-refractivity contribution < 1.29 is 18.3 Å². The van der Waals surface area contributed by atoms with Crippen molar-refractivity contribution in [2.75, 3.05) is 19.6 Å². The van der Waals surface area contributed by atoms with Gasteiger partial charge in [0.25, 0.3) is 0 Å². The summed E-state index contributed by atoms with van der Waals surface area (Å²) in [5, 5.41) is 8.20. The van der Waals surface area contributed by atoms with Gasteiger partial charge in [-0.1, -0.05) is 12.1 Å². The second-order valence-electron chi connectivity index (χ2n) is 7.81. The van der Waals surface area contributed by atoms with E-state index in [0.717, 1.165) is 43.5 Å². The van der Waals surface area contributed by atoms with Crippen molar-refractivity contribution in [3.05, 3.63) is 51.7 Å². The van der Waals surface area contributed by atoms with Crippen LogP contribution in [0.5, 0.6) is 5.75 Å². The summed E-state index contributed by atoms with van der Waals surface area (Å²) >= 11 is 1.72. The molecule has 1 aromatic heterocycles. The quantitative estimate of drug-likeness (QED) is 0.653. The van der Waals surface area contributed by atoms with Gasteiger partial charge in [0.1, 0.15) is 5.75 Å². The zero-order valence-corrected chi connectivity index (χ0v) is 17.6. The summed E-state index contributed by atoms with van der Waals surface area (Å²) in [5.74, 6) is 0.165. The Morgan fingerprint density at radius 3 is 2.80 bits per heavy atom. The molecule has 2 unspecified atom stereocenters. The first-order valence-electron chi connectivity index (χ1n) is 10.5. The van der Waals surface area contributed by atoms with Crippen LogP contribution in [0, 0.1) is 0 Å². The molecule has 2 aliphatic rings. The average Bonchev–Trinajstić information content (AvgIpc) is 3.42. The van der Waals surface area contributed by atoms with Crippen molar-refractivity contribution in [2.24, 2.45) is 0 Å². The van der Waals surface area contributed by atoms with Gasteiger partial charge in [0.2, 0.25) is 0 Å². The number of nitrogens with zero attached hydrogens (tertiary/aromatic N) is 1. The maximum Gasteiger partial charge on any atom is 0.387 e. The summed E-state index contributed by atoms with van der Waals surface area (Å²) in [6.07, 6.45) is 4.91. The van der Waals surface area contributed by atoms with Gasteiger partial charge in [0.05, 0.1) is 12.1 Å². The van der Waals surface area contributed by atoms with Gasteiger partial charge in [-0.15, -0.1) is 11.3 Å². The van der Waals surface area contributed by atoms with Gasteiger partial charge in [0, 0.05) is 11.4 Å². The molecule has 1 aliphatic carbocycles. The number of aryl methyl sites for hydroxylation is 1. The van der Waals surface area contributed by atoms with E-state index >= 15 is 0 Å². The number of urea groups is 1. The highest BCUT2D eigenvalue weighted by Crippen LogP contribution is 2.33. The average molecular weight is 436 g/mol. The standard InChI is InChI=1S/C22H27F2N3O2S/c23-21(24)29-16-8-9-17-15(13-16)5-3-6-18(17)26-22(28)25-14-19(20-7-4-12-30-20)27-10-1-2-11-27/h4,7-9,12-13,18-19,21H,1-3,5-6,10-11,14H2,(H2,25,26,28). The molecule has 2 amide bonds. The fraction of sp³-hybridized carbons (Fsp3) is 0.500. The SMILES string of the molecule is O=C(NCC(c1cccs1)N1CCCC1)NC1CCCc2cc(OC(F)F)ccc21. The predicted molar refractivity (Wildman–Crippen MR) is 113 cm³/mol. The Morgan fingerprint density at radius 1 is 1.23 bits per heavy atom. The number of halogens is 2. The lowest BCUT2D eigenvalue weighted by atomic mass is 9.87. The largest absolute Gasteiger partial charge is 0.435 e. The third-order valence-corrected chi connectivity index (χ3v) is 6.84. The number of nitrogens with one attached hydrogen (secondary N) is 2. The van der Waals surface area contributed by atoms with Gasteiger partial charge in [0.15, 0.2) is 0 Å². The number of amides is 2. The van der Waals surface area contributed by atoms with E-state index in [0.29, 0.717) is 6.54 Å². The number of carbonyl (C=O) groups excluding carboxylic acids is 1. The Bertz CT molecular complexity index is 841. The molecule has 0 spiro atoms. The fourth-order valence-corrected chi connectivity index (χ4v) is 5.32. The lowest BCUT2D eigenvalue weighted by molar-refractivity contribution is -0.0499. The van der Waals surface area contributed by atoms with Crippen LogP contribution in [0.3, 0.4) is 0 Å². The molecule has 8 heteroatoms. The van der Waals surface area contributed by atoms with Crippen molar-refractivity contribution in [2.45, 2.75) is 50.8 Å². The first kappa shape index (κ1) is 21.1. The Kier molecular flexibility index (Phi) is 6.84. The molecule has 4 rings (SSSR count). The second kappa shape index (κ2) is 9.75. The number of likely N-dealkylation sites (tertiary alicyclic amines) is 1. The molecule has 1 aliphatic heterocycles. The smallest absolute Gasteiger partial charge is 0.387 e. The van der Waals surface area contributed by atoms with Crippen molar-refractivity contribution in [1.29, 1.82) is 0 Å². The molecule has 0 saturated carbocycles.